The summed E-state index contributed by atoms with van der Waals surface area (Å²) >= 11 is 0. The van der Waals surface area contributed by atoms with Crippen LogP contribution in [0.5, 0.6) is 5.75 Å². The van der Waals surface area contributed by atoms with Gasteiger partial charge in [-0.15, -0.1) is 0 Å². The van der Waals surface area contributed by atoms with Gasteiger partial charge in [0.1, 0.15) is 5.75 Å². The first-order valence-corrected chi connectivity index (χ1v) is 8.21. The lowest BCUT2D eigenvalue weighted by Gasteiger charge is -2.25. The Morgan fingerprint density at radius 1 is 1.12 bits per heavy atom. The fourth-order valence-electron chi connectivity index (χ4n) is 2.71. The maximum Gasteiger partial charge on any atom is 0.251 e. The van der Waals surface area contributed by atoms with Crippen molar-refractivity contribution in [1.82, 2.24) is 10.2 Å². The molecular formula is C20H26N2O3. The average molecular weight is 342 g/mol. The summed E-state index contributed by atoms with van der Waals surface area (Å²) in [4.78, 5) is 14.6. The summed E-state index contributed by atoms with van der Waals surface area (Å²) in [5.41, 5.74) is 2.71. The predicted octanol–water partition coefficient (Wildman–Crippen LogP) is 2.87. The monoisotopic (exact) mass is 342 g/mol. The van der Waals surface area contributed by atoms with E-state index < -0.39 is 0 Å². The molecule has 0 aliphatic heterocycles. The highest BCUT2D eigenvalue weighted by Gasteiger charge is 2.16. The number of methoxy groups -OCH3 is 2. The number of amides is 1. The molecule has 0 spiro atoms. The molecule has 0 aliphatic carbocycles. The molecule has 1 amide bonds. The molecular weight excluding hydrogens is 316 g/mol. The summed E-state index contributed by atoms with van der Waals surface area (Å²) in [6.45, 7) is 0.999. The minimum absolute atomic E-state index is 0.0567. The molecule has 5 heteroatoms. The number of benzene rings is 2. The van der Waals surface area contributed by atoms with Gasteiger partial charge in [-0.3, -0.25) is 4.79 Å². The van der Waals surface area contributed by atoms with E-state index >= 15 is 0 Å². The summed E-state index contributed by atoms with van der Waals surface area (Å²) in [6, 6.07) is 15.4. The van der Waals surface area contributed by atoms with Crippen LogP contribution in [0.2, 0.25) is 0 Å². The van der Waals surface area contributed by atoms with E-state index in [1.165, 1.54) is 0 Å². The van der Waals surface area contributed by atoms with Gasteiger partial charge in [0.15, 0.2) is 0 Å². The molecule has 0 saturated carbocycles. The molecule has 0 saturated heterocycles. The van der Waals surface area contributed by atoms with Crippen LogP contribution in [0, 0.1) is 0 Å². The number of likely N-dealkylation sites (N-methyl/N-ethyl adjacent to an activating group) is 1. The van der Waals surface area contributed by atoms with Crippen LogP contribution < -0.4 is 10.1 Å². The fourth-order valence-corrected chi connectivity index (χ4v) is 2.71. The van der Waals surface area contributed by atoms with E-state index in [0.29, 0.717) is 18.7 Å². The highest BCUT2D eigenvalue weighted by molar-refractivity contribution is 5.94. The second kappa shape index (κ2) is 9.20. The number of hydrogen-bond donors (Lipinski definition) is 1. The van der Waals surface area contributed by atoms with Crippen LogP contribution in [0.15, 0.2) is 48.5 Å². The molecule has 0 aromatic heterocycles. The molecule has 5 nitrogen and oxygen atoms in total. The summed E-state index contributed by atoms with van der Waals surface area (Å²) < 4.78 is 10.4. The van der Waals surface area contributed by atoms with Crippen molar-refractivity contribution in [2.24, 2.45) is 0 Å². The van der Waals surface area contributed by atoms with E-state index in [1.54, 1.807) is 14.2 Å². The molecule has 0 fully saturated rings. The molecule has 134 valence electrons. The van der Waals surface area contributed by atoms with Crippen molar-refractivity contribution >= 4 is 5.91 Å². The lowest BCUT2D eigenvalue weighted by molar-refractivity contribution is 0.0941. The largest absolute Gasteiger partial charge is 0.497 e. The Morgan fingerprint density at radius 2 is 1.88 bits per heavy atom. The first kappa shape index (κ1) is 19.0. The van der Waals surface area contributed by atoms with Gasteiger partial charge in [0.2, 0.25) is 0 Å². The number of carbonyl (C=O) groups excluding carboxylic acids is 1. The molecule has 2 aromatic carbocycles. The second-order valence-corrected chi connectivity index (χ2v) is 6.10. The third-order valence-corrected chi connectivity index (χ3v) is 4.06. The van der Waals surface area contributed by atoms with Crippen molar-refractivity contribution in [1.29, 1.82) is 0 Å². The fraction of sp³-hybridized carbons (Fsp3) is 0.350. The number of nitrogens with one attached hydrogen (secondary N) is 1. The quantitative estimate of drug-likeness (QED) is 0.801. The summed E-state index contributed by atoms with van der Waals surface area (Å²) in [5, 5.41) is 3.02. The predicted molar refractivity (Wildman–Crippen MR) is 98.9 cm³/mol. The third kappa shape index (κ3) is 5.31. The molecule has 0 aliphatic rings. The standard InChI is InChI=1S/C20H26N2O3/c1-22(2)19(16-8-6-10-18(12-16)25-4)13-21-20(23)17-9-5-7-15(11-17)14-24-3/h5-12,19H,13-14H2,1-4H3,(H,21,23). The lowest BCUT2D eigenvalue weighted by Crippen LogP contribution is -2.34. The van der Waals surface area contributed by atoms with E-state index in [1.807, 2.05) is 62.6 Å². The van der Waals surface area contributed by atoms with Crippen LogP contribution in [-0.2, 0) is 11.3 Å². The molecule has 1 atom stereocenters. The van der Waals surface area contributed by atoms with Crippen LogP contribution in [0.25, 0.3) is 0 Å². The van der Waals surface area contributed by atoms with Crippen LogP contribution >= 0.6 is 0 Å². The molecule has 1 unspecified atom stereocenters. The van der Waals surface area contributed by atoms with Crippen LogP contribution in [0.3, 0.4) is 0 Å². The second-order valence-electron chi connectivity index (χ2n) is 6.10. The molecule has 0 bridgehead atoms. The van der Waals surface area contributed by atoms with Crippen molar-refractivity contribution in [3.8, 4) is 5.75 Å². The van der Waals surface area contributed by atoms with Crippen molar-refractivity contribution in [2.45, 2.75) is 12.6 Å². The van der Waals surface area contributed by atoms with Gasteiger partial charge in [0.05, 0.1) is 19.8 Å². The zero-order chi connectivity index (χ0) is 18.2. The summed E-state index contributed by atoms with van der Waals surface area (Å²) in [6.07, 6.45) is 0. The molecule has 1 N–H and O–H groups in total. The Balaban J connectivity index is 2.08. The van der Waals surface area contributed by atoms with Crippen LogP contribution in [-0.4, -0.2) is 45.7 Å². The Labute approximate surface area is 149 Å². The molecule has 0 radical (unpaired) electrons. The topological polar surface area (TPSA) is 50.8 Å². The van der Waals surface area contributed by atoms with Gasteiger partial charge in [-0.05, 0) is 49.5 Å². The molecule has 25 heavy (non-hydrogen) atoms. The third-order valence-electron chi connectivity index (χ3n) is 4.06. The van der Waals surface area contributed by atoms with E-state index in [-0.39, 0.29) is 11.9 Å². The number of carbonyl (C=O) groups is 1. The minimum atomic E-state index is -0.0901. The average Bonchev–Trinajstić information content (AvgIpc) is 2.62. The SMILES string of the molecule is COCc1cccc(C(=O)NCC(c2cccc(OC)c2)N(C)C)c1. The maximum absolute atomic E-state index is 12.5. The van der Waals surface area contributed by atoms with E-state index in [2.05, 4.69) is 10.2 Å². The summed E-state index contributed by atoms with van der Waals surface area (Å²) in [7, 11) is 7.28. The minimum Gasteiger partial charge on any atom is -0.497 e. The Morgan fingerprint density at radius 3 is 2.56 bits per heavy atom. The first-order chi connectivity index (χ1) is 12.0. The van der Waals surface area contributed by atoms with Crippen molar-refractivity contribution in [2.75, 3.05) is 34.9 Å². The van der Waals surface area contributed by atoms with E-state index in [4.69, 9.17) is 9.47 Å². The normalized spacial score (nSPS) is 12.0. The Hall–Kier alpha value is -2.37. The Bertz CT molecular complexity index is 701. The summed E-state index contributed by atoms with van der Waals surface area (Å²) in [5.74, 6) is 0.718. The first-order valence-electron chi connectivity index (χ1n) is 8.21. The van der Waals surface area contributed by atoms with Gasteiger partial charge < -0.3 is 19.7 Å². The zero-order valence-corrected chi connectivity index (χ0v) is 15.3. The maximum atomic E-state index is 12.5. The number of ether oxygens (including phenoxy) is 2. The van der Waals surface area contributed by atoms with Crippen molar-refractivity contribution < 1.29 is 14.3 Å². The van der Waals surface area contributed by atoms with E-state index in [0.717, 1.165) is 16.9 Å². The number of rotatable bonds is 8. The van der Waals surface area contributed by atoms with Gasteiger partial charge in [-0.2, -0.15) is 0 Å². The zero-order valence-electron chi connectivity index (χ0n) is 15.3. The van der Waals surface area contributed by atoms with Gasteiger partial charge >= 0.3 is 0 Å². The molecule has 0 heterocycles. The molecule has 2 aromatic rings. The highest BCUT2D eigenvalue weighted by atomic mass is 16.5. The highest BCUT2D eigenvalue weighted by Crippen LogP contribution is 2.22. The number of nitrogens with zero attached hydrogens (tertiary/aromatic N) is 1. The molecule has 2 rings (SSSR count). The van der Waals surface area contributed by atoms with Crippen LogP contribution in [0.4, 0.5) is 0 Å². The number of hydrogen-bond acceptors (Lipinski definition) is 4. The van der Waals surface area contributed by atoms with Gasteiger partial charge in [0.25, 0.3) is 5.91 Å². The van der Waals surface area contributed by atoms with Crippen molar-refractivity contribution in [3.63, 3.8) is 0 Å². The van der Waals surface area contributed by atoms with E-state index in [9.17, 15) is 4.79 Å². The van der Waals surface area contributed by atoms with Crippen molar-refractivity contribution in [3.05, 3.63) is 65.2 Å². The van der Waals surface area contributed by atoms with Gasteiger partial charge in [-0.1, -0.05) is 24.3 Å². The lowest BCUT2D eigenvalue weighted by atomic mass is 10.1. The smallest absolute Gasteiger partial charge is 0.251 e. The van der Waals surface area contributed by atoms with Crippen LogP contribution in [0.1, 0.15) is 27.5 Å². The van der Waals surface area contributed by atoms with Gasteiger partial charge in [-0.25, -0.2) is 0 Å². The van der Waals surface area contributed by atoms with Gasteiger partial charge in [0, 0.05) is 19.2 Å². The Kier molecular flexibility index (Phi) is 6.98.